The molecule has 0 spiro atoms. The van der Waals surface area contributed by atoms with E-state index in [1.54, 1.807) is 0 Å². The van der Waals surface area contributed by atoms with Gasteiger partial charge in [-0.15, -0.1) is 0 Å². The van der Waals surface area contributed by atoms with Crippen LogP contribution in [0.3, 0.4) is 0 Å². The average Bonchev–Trinajstić information content (AvgIpc) is 2.85. The van der Waals surface area contributed by atoms with E-state index in [-0.39, 0.29) is 5.28 Å². The zero-order valence-corrected chi connectivity index (χ0v) is 16.3. The van der Waals surface area contributed by atoms with Crippen molar-refractivity contribution in [3.05, 3.63) is 16.3 Å². The van der Waals surface area contributed by atoms with Gasteiger partial charge in [-0.25, -0.2) is 9.97 Å². The quantitative estimate of drug-likeness (QED) is 0.262. The van der Waals surface area contributed by atoms with E-state index in [1.807, 2.05) is 6.92 Å². The molecule has 24 heavy (non-hydrogen) atoms. The van der Waals surface area contributed by atoms with Crippen molar-refractivity contribution in [3.63, 3.8) is 0 Å². The van der Waals surface area contributed by atoms with E-state index in [0.717, 1.165) is 24.3 Å². The molecule has 0 aliphatic heterocycles. The molecule has 0 aromatic carbocycles. The van der Waals surface area contributed by atoms with Gasteiger partial charge in [0.2, 0.25) is 5.28 Å². The van der Waals surface area contributed by atoms with Crippen LogP contribution in [-0.4, -0.2) is 19.5 Å². The van der Waals surface area contributed by atoms with Crippen molar-refractivity contribution in [3.8, 4) is 0 Å². The summed E-state index contributed by atoms with van der Waals surface area (Å²) in [5.41, 5.74) is 1.39. The average molecular weight is 371 g/mol. The smallest absolute Gasteiger partial charge is 0.225 e. The van der Waals surface area contributed by atoms with Gasteiger partial charge in [-0.1, -0.05) is 76.3 Å². The summed E-state index contributed by atoms with van der Waals surface area (Å²) in [6.07, 6.45) is 13.3. The van der Waals surface area contributed by atoms with Crippen LogP contribution in [0.2, 0.25) is 10.4 Å². The van der Waals surface area contributed by atoms with Gasteiger partial charge < -0.3 is 4.57 Å². The lowest BCUT2D eigenvalue weighted by molar-refractivity contribution is 0.535. The Labute approximate surface area is 155 Å². The summed E-state index contributed by atoms with van der Waals surface area (Å²) in [6, 6.07) is 0. The Morgan fingerprint density at radius 3 is 2.00 bits per heavy atom. The Kier molecular flexibility index (Phi) is 8.26. The second kappa shape index (κ2) is 10.2. The zero-order chi connectivity index (χ0) is 17.4. The second-order valence-electron chi connectivity index (χ2n) is 6.45. The van der Waals surface area contributed by atoms with Gasteiger partial charge in [0.15, 0.2) is 10.8 Å². The maximum Gasteiger partial charge on any atom is 0.225 e. The fourth-order valence-electron chi connectivity index (χ4n) is 3.11. The Morgan fingerprint density at radius 1 is 0.792 bits per heavy atom. The number of aromatic nitrogens is 4. The van der Waals surface area contributed by atoms with Crippen molar-refractivity contribution in [2.45, 2.75) is 84.6 Å². The van der Waals surface area contributed by atoms with Gasteiger partial charge in [-0.3, -0.25) is 0 Å². The van der Waals surface area contributed by atoms with E-state index < -0.39 is 0 Å². The zero-order valence-electron chi connectivity index (χ0n) is 14.8. The first kappa shape index (κ1) is 19.5. The Hall–Kier alpha value is -0.870. The van der Waals surface area contributed by atoms with Crippen LogP contribution in [0.15, 0.2) is 0 Å². The third kappa shape index (κ3) is 5.59. The molecule has 0 saturated heterocycles. The monoisotopic (exact) mass is 370 g/mol. The third-order valence-electron chi connectivity index (χ3n) is 4.46. The van der Waals surface area contributed by atoms with Gasteiger partial charge in [-0.2, -0.15) is 4.98 Å². The minimum Gasteiger partial charge on any atom is -0.324 e. The first-order valence-electron chi connectivity index (χ1n) is 9.19. The van der Waals surface area contributed by atoms with E-state index in [9.17, 15) is 0 Å². The maximum atomic E-state index is 6.22. The molecule has 0 aliphatic carbocycles. The summed E-state index contributed by atoms with van der Waals surface area (Å²) in [4.78, 5) is 12.6. The predicted octanol–water partition coefficient (Wildman–Crippen LogP) is 6.36. The molecule has 0 N–H and O–H groups in total. The molecule has 2 aromatic heterocycles. The largest absolute Gasteiger partial charge is 0.324 e. The summed E-state index contributed by atoms with van der Waals surface area (Å²) < 4.78 is 2.11. The Morgan fingerprint density at radius 2 is 1.38 bits per heavy atom. The first-order valence-corrected chi connectivity index (χ1v) is 9.95. The number of rotatable bonds is 11. The Balaban J connectivity index is 1.71. The van der Waals surface area contributed by atoms with Crippen molar-refractivity contribution >= 4 is 34.4 Å². The highest BCUT2D eigenvalue weighted by Gasteiger charge is 2.14. The van der Waals surface area contributed by atoms with Crippen LogP contribution in [0.25, 0.3) is 11.2 Å². The molecule has 0 unspecified atom stereocenters. The van der Waals surface area contributed by atoms with E-state index in [4.69, 9.17) is 23.2 Å². The van der Waals surface area contributed by atoms with E-state index in [1.165, 1.54) is 57.8 Å². The molecule has 2 heterocycles. The number of nitrogens with zero attached hydrogens (tertiary/aromatic N) is 4. The van der Waals surface area contributed by atoms with Crippen molar-refractivity contribution in [2.24, 2.45) is 0 Å². The van der Waals surface area contributed by atoms with Crippen molar-refractivity contribution in [1.82, 2.24) is 19.5 Å². The number of halogens is 2. The molecule has 0 bridgehead atoms. The Bertz CT molecular complexity index is 639. The molecule has 0 atom stereocenters. The highest BCUT2D eigenvalue weighted by molar-refractivity contribution is 6.35. The van der Waals surface area contributed by atoms with E-state index in [0.29, 0.717) is 10.8 Å². The number of unbranched alkanes of at least 4 members (excludes halogenated alkanes) is 9. The van der Waals surface area contributed by atoms with Crippen LogP contribution in [0.4, 0.5) is 0 Å². The predicted molar refractivity (Wildman–Crippen MR) is 102 cm³/mol. The van der Waals surface area contributed by atoms with Crippen LogP contribution in [-0.2, 0) is 6.54 Å². The van der Waals surface area contributed by atoms with Crippen molar-refractivity contribution in [1.29, 1.82) is 0 Å². The van der Waals surface area contributed by atoms with Crippen LogP contribution in [0.5, 0.6) is 0 Å². The van der Waals surface area contributed by atoms with Crippen LogP contribution in [0.1, 0.15) is 77.0 Å². The molecular formula is C18H28Cl2N4. The third-order valence-corrected chi connectivity index (χ3v) is 4.89. The highest BCUT2D eigenvalue weighted by atomic mass is 35.5. The minimum absolute atomic E-state index is 0.149. The van der Waals surface area contributed by atoms with E-state index >= 15 is 0 Å². The molecule has 6 heteroatoms. The number of hydrogen-bond donors (Lipinski definition) is 0. The van der Waals surface area contributed by atoms with Crippen molar-refractivity contribution < 1.29 is 0 Å². The molecule has 4 nitrogen and oxygen atoms in total. The number of hydrogen-bond acceptors (Lipinski definition) is 3. The molecule has 0 amide bonds. The summed E-state index contributed by atoms with van der Waals surface area (Å²) in [5.74, 6) is 0.916. The summed E-state index contributed by atoms with van der Waals surface area (Å²) in [6.45, 7) is 5.14. The summed E-state index contributed by atoms with van der Waals surface area (Å²) in [7, 11) is 0. The topological polar surface area (TPSA) is 43.6 Å². The number of aryl methyl sites for hydroxylation is 2. The normalized spacial score (nSPS) is 11.5. The van der Waals surface area contributed by atoms with E-state index in [2.05, 4.69) is 26.4 Å². The molecule has 2 rings (SSSR count). The van der Waals surface area contributed by atoms with Crippen LogP contribution in [0, 0.1) is 6.92 Å². The first-order chi connectivity index (χ1) is 11.6. The lowest BCUT2D eigenvalue weighted by atomic mass is 10.1. The van der Waals surface area contributed by atoms with Gasteiger partial charge in [0.05, 0.1) is 0 Å². The van der Waals surface area contributed by atoms with Crippen molar-refractivity contribution in [2.75, 3.05) is 0 Å². The SMILES string of the molecule is CCCCCCCCCCCCn1c(C)nc2nc(Cl)nc(Cl)c21. The summed E-state index contributed by atoms with van der Waals surface area (Å²) in [5, 5.41) is 0.536. The lowest BCUT2D eigenvalue weighted by Crippen LogP contribution is -2.01. The fraction of sp³-hybridized carbons (Fsp3) is 0.722. The molecular weight excluding hydrogens is 343 g/mol. The van der Waals surface area contributed by atoms with Gasteiger partial charge in [-0.05, 0) is 24.9 Å². The molecule has 0 aliphatic rings. The molecule has 0 fully saturated rings. The molecule has 0 saturated carbocycles. The fourth-order valence-corrected chi connectivity index (χ4v) is 3.58. The van der Waals surface area contributed by atoms with Gasteiger partial charge in [0, 0.05) is 6.54 Å². The lowest BCUT2D eigenvalue weighted by Gasteiger charge is -2.07. The van der Waals surface area contributed by atoms with Gasteiger partial charge in [0.25, 0.3) is 0 Å². The molecule has 0 radical (unpaired) electrons. The second-order valence-corrected chi connectivity index (χ2v) is 7.14. The number of fused-ring (bicyclic) bond motifs is 1. The maximum absolute atomic E-state index is 6.22. The molecule has 2 aromatic rings. The van der Waals surface area contributed by atoms with Crippen LogP contribution < -0.4 is 0 Å². The number of imidazole rings is 1. The van der Waals surface area contributed by atoms with Gasteiger partial charge in [0.1, 0.15) is 11.3 Å². The highest BCUT2D eigenvalue weighted by Crippen LogP contribution is 2.24. The standard InChI is InChI=1S/C18H28Cl2N4/c1-3-4-5-6-7-8-9-10-11-12-13-24-14(2)21-17-15(24)16(19)22-18(20)23-17/h3-13H2,1-2H3. The van der Waals surface area contributed by atoms with Crippen LogP contribution >= 0.6 is 23.2 Å². The molecule has 134 valence electrons. The van der Waals surface area contributed by atoms with Gasteiger partial charge >= 0.3 is 0 Å². The summed E-state index contributed by atoms with van der Waals surface area (Å²) >= 11 is 12.1. The minimum atomic E-state index is 0.149.